The number of nitrogens with zero attached hydrogens (tertiary/aromatic N) is 4. The molecule has 0 amide bonds. The lowest BCUT2D eigenvalue weighted by atomic mass is 10.1. The van der Waals surface area contributed by atoms with Gasteiger partial charge in [-0.2, -0.15) is 9.61 Å². The fourth-order valence-electron chi connectivity index (χ4n) is 4.12. The molecule has 0 aliphatic rings. The molecule has 1 aromatic carbocycles. The summed E-state index contributed by atoms with van der Waals surface area (Å²) in [5.74, 6) is 0.711. The molecule has 33 heavy (non-hydrogen) atoms. The lowest BCUT2D eigenvalue weighted by Crippen LogP contribution is -2.11. The van der Waals surface area contributed by atoms with Gasteiger partial charge in [0, 0.05) is 46.5 Å². The number of benzene rings is 1. The summed E-state index contributed by atoms with van der Waals surface area (Å²) < 4.78 is 15.6. The standard InChI is InChI=1S/C26H29FN6/c1-16(2)22-15-30-33-25(13-24(32-26(22)33)19(14-28-5)12-17(3)27)29-11-10-20-18(4)31-23-9-7-6-8-21(20)23/h6-9,12-16,29,31H,5,10-11H2,1-4H3/b17-12+,19-14+. The van der Waals surface area contributed by atoms with E-state index < -0.39 is 0 Å². The maximum atomic E-state index is 13.7. The maximum absolute atomic E-state index is 13.7. The van der Waals surface area contributed by atoms with Crippen LogP contribution in [0.2, 0.25) is 0 Å². The average molecular weight is 445 g/mol. The van der Waals surface area contributed by atoms with Crippen LogP contribution in [0.3, 0.4) is 0 Å². The first-order chi connectivity index (χ1) is 15.9. The van der Waals surface area contributed by atoms with E-state index in [1.54, 1.807) is 0 Å². The molecule has 0 bridgehead atoms. The number of aryl methyl sites for hydroxylation is 1. The number of nitrogens with one attached hydrogen (secondary N) is 2. The molecule has 0 saturated heterocycles. The first-order valence-electron chi connectivity index (χ1n) is 11.1. The maximum Gasteiger partial charge on any atom is 0.161 e. The van der Waals surface area contributed by atoms with Crippen molar-refractivity contribution in [1.29, 1.82) is 0 Å². The number of hydrogen-bond donors (Lipinski definition) is 2. The molecule has 0 saturated carbocycles. The van der Waals surface area contributed by atoms with E-state index in [0.29, 0.717) is 17.8 Å². The zero-order chi connectivity index (χ0) is 23.5. The van der Waals surface area contributed by atoms with Crippen LogP contribution in [-0.2, 0) is 6.42 Å². The van der Waals surface area contributed by atoms with Gasteiger partial charge in [0.2, 0.25) is 0 Å². The number of halogens is 1. The van der Waals surface area contributed by atoms with Gasteiger partial charge in [-0.05, 0) is 50.6 Å². The van der Waals surface area contributed by atoms with Gasteiger partial charge >= 0.3 is 0 Å². The van der Waals surface area contributed by atoms with Crippen LogP contribution in [0.4, 0.5) is 10.2 Å². The monoisotopic (exact) mass is 444 g/mol. The topological polar surface area (TPSA) is 70.4 Å². The summed E-state index contributed by atoms with van der Waals surface area (Å²) in [6.45, 7) is 11.9. The Bertz CT molecular complexity index is 1370. The molecule has 7 heteroatoms. The van der Waals surface area contributed by atoms with Crippen LogP contribution in [0.5, 0.6) is 0 Å². The fourth-order valence-corrected chi connectivity index (χ4v) is 4.12. The normalized spacial score (nSPS) is 12.8. The molecular weight excluding hydrogens is 415 g/mol. The van der Waals surface area contributed by atoms with Crippen LogP contribution in [0, 0.1) is 6.92 Å². The van der Waals surface area contributed by atoms with Crippen LogP contribution in [-0.4, -0.2) is 32.8 Å². The van der Waals surface area contributed by atoms with Crippen molar-refractivity contribution in [3.63, 3.8) is 0 Å². The number of rotatable bonds is 8. The van der Waals surface area contributed by atoms with Gasteiger partial charge in [0.15, 0.2) is 5.65 Å². The van der Waals surface area contributed by atoms with Crippen molar-refractivity contribution in [3.05, 3.63) is 77.1 Å². The van der Waals surface area contributed by atoms with Crippen LogP contribution in [0.1, 0.15) is 49.2 Å². The molecule has 0 unspecified atom stereocenters. The highest BCUT2D eigenvalue weighted by Gasteiger charge is 2.16. The predicted molar refractivity (Wildman–Crippen MR) is 135 cm³/mol. The molecule has 4 aromatic rings. The van der Waals surface area contributed by atoms with E-state index >= 15 is 0 Å². The minimum atomic E-state index is -0.325. The number of aromatic nitrogens is 4. The highest BCUT2D eigenvalue weighted by Crippen LogP contribution is 2.27. The molecule has 0 atom stereocenters. The van der Waals surface area contributed by atoms with Crippen LogP contribution in [0.25, 0.3) is 22.1 Å². The molecule has 0 aliphatic carbocycles. The lowest BCUT2D eigenvalue weighted by molar-refractivity contribution is 0.641. The smallest absolute Gasteiger partial charge is 0.161 e. The molecule has 0 fully saturated rings. The van der Waals surface area contributed by atoms with Crippen molar-refractivity contribution in [1.82, 2.24) is 19.6 Å². The number of anilines is 1. The van der Waals surface area contributed by atoms with Gasteiger partial charge < -0.3 is 10.3 Å². The van der Waals surface area contributed by atoms with Gasteiger partial charge in [0.25, 0.3) is 0 Å². The van der Waals surface area contributed by atoms with Gasteiger partial charge in [0.1, 0.15) is 5.82 Å². The highest BCUT2D eigenvalue weighted by atomic mass is 19.1. The molecule has 170 valence electrons. The second kappa shape index (κ2) is 9.40. The zero-order valence-corrected chi connectivity index (χ0v) is 19.5. The summed E-state index contributed by atoms with van der Waals surface area (Å²) in [6.07, 6.45) is 5.62. The molecule has 2 N–H and O–H groups in total. The molecule has 4 rings (SSSR count). The zero-order valence-electron chi connectivity index (χ0n) is 19.5. The Morgan fingerprint density at radius 2 is 2.12 bits per heavy atom. The third kappa shape index (κ3) is 4.58. The Morgan fingerprint density at radius 1 is 1.33 bits per heavy atom. The first-order valence-corrected chi connectivity index (χ1v) is 11.1. The van der Waals surface area contributed by atoms with E-state index in [9.17, 15) is 4.39 Å². The van der Waals surface area contributed by atoms with Crippen molar-refractivity contribution < 1.29 is 4.39 Å². The Kier molecular flexibility index (Phi) is 6.40. The van der Waals surface area contributed by atoms with E-state index in [1.807, 2.05) is 22.8 Å². The molecule has 3 heterocycles. The third-order valence-corrected chi connectivity index (χ3v) is 5.71. The van der Waals surface area contributed by atoms with Crippen molar-refractivity contribution in [2.75, 3.05) is 11.9 Å². The number of H-pyrrole nitrogens is 1. The van der Waals surface area contributed by atoms with E-state index in [2.05, 4.69) is 66.1 Å². The van der Waals surface area contributed by atoms with Gasteiger partial charge in [-0.25, -0.2) is 9.37 Å². The second-order valence-corrected chi connectivity index (χ2v) is 8.47. The Morgan fingerprint density at radius 3 is 2.85 bits per heavy atom. The van der Waals surface area contributed by atoms with Gasteiger partial charge in [-0.15, -0.1) is 0 Å². The third-order valence-electron chi connectivity index (χ3n) is 5.71. The summed E-state index contributed by atoms with van der Waals surface area (Å²) >= 11 is 0. The number of aliphatic imine (C=N–C) groups is 1. The Hall–Kier alpha value is -3.74. The summed E-state index contributed by atoms with van der Waals surface area (Å²) in [5.41, 5.74) is 6.55. The minimum absolute atomic E-state index is 0.246. The van der Waals surface area contributed by atoms with Crippen LogP contribution in [0.15, 0.2) is 59.6 Å². The molecule has 0 radical (unpaired) electrons. The predicted octanol–water partition coefficient (Wildman–Crippen LogP) is 6.21. The number of hydrogen-bond acceptors (Lipinski definition) is 4. The van der Waals surface area contributed by atoms with Crippen molar-refractivity contribution in [2.24, 2.45) is 4.99 Å². The van der Waals surface area contributed by atoms with E-state index in [1.165, 1.54) is 35.8 Å². The second-order valence-electron chi connectivity index (χ2n) is 8.47. The van der Waals surface area contributed by atoms with Crippen molar-refractivity contribution in [2.45, 2.75) is 40.0 Å². The Labute approximate surface area is 193 Å². The fraction of sp³-hybridized carbons (Fsp3) is 0.269. The lowest BCUT2D eigenvalue weighted by Gasteiger charge is -2.12. The number of aromatic amines is 1. The number of allylic oxidation sites excluding steroid dienone is 3. The number of para-hydroxylation sites is 1. The molecular formula is C26H29FN6. The van der Waals surface area contributed by atoms with Crippen molar-refractivity contribution >= 4 is 34.7 Å². The summed E-state index contributed by atoms with van der Waals surface area (Å²) in [4.78, 5) is 12.1. The largest absolute Gasteiger partial charge is 0.370 e. The van der Waals surface area contributed by atoms with Crippen molar-refractivity contribution in [3.8, 4) is 0 Å². The van der Waals surface area contributed by atoms with E-state index in [4.69, 9.17) is 4.98 Å². The quantitative estimate of drug-likeness (QED) is 0.251. The summed E-state index contributed by atoms with van der Waals surface area (Å²) in [7, 11) is 0. The first kappa shape index (κ1) is 22.5. The summed E-state index contributed by atoms with van der Waals surface area (Å²) in [6, 6.07) is 10.2. The Balaban J connectivity index is 1.71. The molecule has 0 spiro atoms. The SMILES string of the molecule is C=N/C=C(\C=C(/C)F)c1cc(NCCc2c(C)[nH]c3ccccc23)n2ncc(C(C)C)c2n1. The van der Waals surface area contributed by atoms with E-state index in [-0.39, 0.29) is 11.7 Å². The molecule has 3 aromatic heterocycles. The van der Waals surface area contributed by atoms with E-state index in [0.717, 1.165) is 29.0 Å². The molecule has 0 aliphatic heterocycles. The van der Waals surface area contributed by atoms with Gasteiger partial charge in [-0.3, -0.25) is 4.99 Å². The van der Waals surface area contributed by atoms with Gasteiger partial charge in [-0.1, -0.05) is 32.0 Å². The summed E-state index contributed by atoms with van der Waals surface area (Å²) in [5, 5.41) is 9.33. The van der Waals surface area contributed by atoms with Crippen LogP contribution >= 0.6 is 0 Å². The molecule has 6 nitrogen and oxygen atoms in total. The van der Waals surface area contributed by atoms with Crippen LogP contribution < -0.4 is 5.32 Å². The average Bonchev–Trinajstić information content (AvgIpc) is 3.34. The highest BCUT2D eigenvalue weighted by molar-refractivity contribution is 5.84. The van der Waals surface area contributed by atoms with Gasteiger partial charge in [0.05, 0.1) is 17.7 Å². The minimum Gasteiger partial charge on any atom is -0.370 e. The number of fused-ring (bicyclic) bond motifs is 2.